The molecule has 1 heterocycles. The van der Waals surface area contributed by atoms with Crippen molar-refractivity contribution in [3.63, 3.8) is 0 Å². The molecule has 1 atom stereocenters. The van der Waals surface area contributed by atoms with Crippen molar-refractivity contribution in [1.82, 2.24) is 10.3 Å². The van der Waals surface area contributed by atoms with E-state index in [1.807, 2.05) is 25.1 Å². The van der Waals surface area contributed by atoms with Gasteiger partial charge < -0.3 is 14.8 Å². The first-order valence-corrected chi connectivity index (χ1v) is 10.4. The summed E-state index contributed by atoms with van der Waals surface area (Å²) in [5, 5.41) is 2.88. The van der Waals surface area contributed by atoms with E-state index in [9.17, 15) is 9.18 Å². The number of nitrogens with one attached hydrogen (secondary N) is 1. The van der Waals surface area contributed by atoms with Crippen LogP contribution in [0, 0.1) is 5.82 Å². The van der Waals surface area contributed by atoms with Crippen LogP contribution < -0.4 is 10.1 Å². The third-order valence-electron chi connectivity index (χ3n) is 4.63. The molecule has 1 amide bonds. The van der Waals surface area contributed by atoms with Gasteiger partial charge in [0.25, 0.3) is 5.91 Å². The van der Waals surface area contributed by atoms with E-state index in [1.165, 1.54) is 6.07 Å². The number of para-hydroxylation sites is 1. The fourth-order valence-corrected chi connectivity index (χ4v) is 2.97. The molecule has 0 saturated heterocycles. The van der Waals surface area contributed by atoms with E-state index in [0.717, 1.165) is 24.3 Å². The van der Waals surface area contributed by atoms with Crippen LogP contribution >= 0.6 is 0 Å². The summed E-state index contributed by atoms with van der Waals surface area (Å²) in [5.74, 6) is 0.0883. The van der Waals surface area contributed by atoms with Crippen LogP contribution in [0.15, 0.2) is 66.9 Å². The maximum absolute atomic E-state index is 13.7. The predicted molar refractivity (Wildman–Crippen MR) is 118 cm³/mol. The van der Waals surface area contributed by atoms with E-state index in [-0.39, 0.29) is 17.8 Å². The van der Waals surface area contributed by atoms with Crippen LogP contribution in [0.2, 0.25) is 0 Å². The van der Waals surface area contributed by atoms with Gasteiger partial charge in [0.05, 0.1) is 11.7 Å². The molecule has 0 saturated carbocycles. The third kappa shape index (κ3) is 6.89. The van der Waals surface area contributed by atoms with Crippen molar-refractivity contribution in [3.05, 3.63) is 89.5 Å². The molecule has 1 unspecified atom stereocenters. The predicted octanol–water partition coefficient (Wildman–Crippen LogP) is 5.30. The Labute approximate surface area is 182 Å². The fraction of sp³-hybridized carbons (Fsp3) is 0.280. The lowest BCUT2D eigenvalue weighted by molar-refractivity contribution is 0.0663. The number of carbonyl (C=O) groups excluding carboxylic acids is 1. The zero-order valence-electron chi connectivity index (χ0n) is 17.8. The number of benzene rings is 2. The molecule has 0 aliphatic carbocycles. The highest BCUT2D eigenvalue weighted by Gasteiger charge is 2.09. The number of nitrogens with zero attached hydrogens (tertiary/aromatic N) is 1. The van der Waals surface area contributed by atoms with Crippen LogP contribution in [-0.2, 0) is 17.7 Å². The number of ether oxygens (including phenoxy) is 2. The molecule has 0 aliphatic heterocycles. The van der Waals surface area contributed by atoms with Crippen LogP contribution in [0.1, 0.15) is 41.9 Å². The van der Waals surface area contributed by atoms with Crippen LogP contribution in [0.4, 0.5) is 4.39 Å². The van der Waals surface area contributed by atoms with Crippen LogP contribution in [0.25, 0.3) is 0 Å². The summed E-state index contributed by atoms with van der Waals surface area (Å²) < 4.78 is 24.9. The molecule has 0 bridgehead atoms. The van der Waals surface area contributed by atoms with Gasteiger partial charge in [-0.2, -0.15) is 0 Å². The third-order valence-corrected chi connectivity index (χ3v) is 4.63. The second-order valence-corrected chi connectivity index (χ2v) is 7.28. The molecule has 1 aromatic heterocycles. The fourth-order valence-electron chi connectivity index (χ4n) is 2.97. The number of aromatic nitrogens is 1. The standard InChI is InChI=1S/C25H27FN2O3/c1-3-14-30-18(2)15-21-11-10-20(17-27-21)25(29)28-16-19-8-12-22(13-9-19)31-24-7-5-4-6-23(24)26/h4-13,17-18H,3,14-16H2,1-2H3,(H,28,29). The summed E-state index contributed by atoms with van der Waals surface area (Å²) in [5.41, 5.74) is 2.30. The average Bonchev–Trinajstić information content (AvgIpc) is 2.79. The topological polar surface area (TPSA) is 60.5 Å². The smallest absolute Gasteiger partial charge is 0.253 e. The van der Waals surface area contributed by atoms with Crippen LogP contribution in [0.5, 0.6) is 11.5 Å². The van der Waals surface area contributed by atoms with Gasteiger partial charge in [0.1, 0.15) is 5.75 Å². The molecule has 31 heavy (non-hydrogen) atoms. The minimum atomic E-state index is -0.415. The Balaban J connectivity index is 1.49. The number of carbonyl (C=O) groups is 1. The Morgan fingerprint density at radius 1 is 1.10 bits per heavy atom. The molecule has 0 fully saturated rings. The van der Waals surface area contributed by atoms with Gasteiger partial charge in [-0.3, -0.25) is 9.78 Å². The summed E-state index contributed by atoms with van der Waals surface area (Å²) in [6, 6.07) is 17.0. The number of halogens is 1. The first-order chi connectivity index (χ1) is 15.0. The van der Waals surface area contributed by atoms with Gasteiger partial charge in [-0.25, -0.2) is 4.39 Å². The molecule has 3 aromatic rings. The molecule has 1 N–H and O–H groups in total. The second kappa shape index (κ2) is 11.2. The highest BCUT2D eigenvalue weighted by atomic mass is 19.1. The van der Waals surface area contributed by atoms with E-state index in [1.54, 1.807) is 42.6 Å². The van der Waals surface area contributed by atoms with E-state index in [0.29, 0.717) is 24.3 Å². The van der Waals surface area contributed by atoms with Crippen molar-refractivity contribution in [3.8, 4) is 11.5 Å². The molecular formula is C25H27FN2O3. The van der Waals surface area contributed by atoms with Crippen molar-refractivity contribution in [1.29, 1.82) is 0 Å². The Hall–Kier alpha value is -3.25. The van der Waals surface area contributed by atoms with Crippen molar-refractivity contribution < 1.29 is 18.7 Å². The van der Waals surface area contributed by atoms with Gasteiger partial charge in [0.15, 0.2) is 11.6 Å². The second-order valence-electron chi connectivity index (χ2n) is 7.28. The van der Waals surface area contributed by atoms with Gasteiger partial charge in [-0.05, 0) is 55.3 Å². The molecule has 2 aromatic carbocycles. The summed E-state index contributed by atoms with van der Waals surface area (Å²) in [6.07, 6.45) is 3.38. The Morgan fingerprint density at radius 3 is 2.55 bits per heavy atom. The molecule has 162 valence electrons. The normalized spacial score (nSPS) is 11.7. The zero-order chi connectivity index (χ0) is 22.1. The molecule has 0 aliphatic rings. The van der Waals surface area contributed by atoms with Gasteiger partial charge in [-0.1, -0.05) is 31.2 Å². The van der Waals surface area contributed by atoms with Crippen LogP contribution in [0.3, 0.4) is 0 Å². The number of hydrogen-bond donors (Lipinski definition) is 1. The lowest BCUT2D eigenvalue weighted by Gasteiger charge is -2.12. The minimum Gasteiger partial charge on any atom is -0.454 e. The molecule has 0 radical (unpaired) electrons. The van der Waals surface area contributed by atoms with Gasteiger partial charge in [-0.15, -0.1) is 0 Å². The zero-order valence-corrected chi connectivity index (χ0v) is 17.8. The Bertz CT molecular complexity index is 975. The highest BCUT2D eigenvalue weighted by molar-refractivity contribution is 5.93. The Kier molecular flexibility index (Phi) is 8.12. The lowest BCUT2D eigenvalue weighted by Crippen LogP contribution is -2.23. The SMILES string of the molecule is CCCOC(C)Cc1ccc(C(=O)NCc2ccc(Oc3ccccc3F)cc2)cn1. The van der Waals surface area contributed by atoms with E-state index >= 15 is 0 Å². The largest absolute Gasteiger partial charge is 0.454 e. The monoisotopic (exact) mass is 422 g/mol. The number of amides is 1. The molecule has 6 heteroatoms. The number of rotatable bonds is 10. The highest BCUT2D eigenvalue weighted by Crippen LogP contribution is 2.24. The number of hydrogen-bond acceptors (Lipinski definition) is 4. The summed E-state index contributed by atoms with van der Waals surface area (Å²) in [6.45, 7) is 5.19. The first kappa shape index (κ1) is 22.4. The van der Waals surface area contributed by atoms with E-state index in [2.05, 4.69) is 17.2 Å². The molecular weight excluding hydrogens is 395 g/mol. The summed E-state index contributed by atoms with van der Waals surface area (Å²) in [7, 11) is 0. The van der Waals surface area contributed by atoms with Gasteiger partial charge in [0, 0.05) is 31.5 Å². The summed E-state index contributed by atoms with van der Waals surface area (Å²) >= 11 is 0. The van der Waals surface area contributed by atoms with Gasteiger partial charge >= 0.3 is 0 Å². The number of pyridine rings is 1. The van der Waals surface area contributed by atoms with Crippen molar-refractivity contribution in [2.45, 2.75) is 39.3 Å². The van der Waals surface area contributed by atoms with E-state index in [4.69, 9.17) is 9.47 Å². The lowest BCUT2D eigenvalue weighted by atomic mass is 10.1. The Morgan fingerprint density at radius 2 is 1.87 bits per heavy atom. The minimum absolute atomic E-state index is 0.0949. The quantitative estimate of drug-likeness (QED) is 0.482. The van der Waals surface area contributed by atoms with Crippen molar-refractivity contribution >= 4 is 5.91 Å². The van der Waals surface area contributed by atoms with E-state index < -0.39 is 5.82 Å². The average molecular weight is 423 g/mol. The molecule has 5 nitrogen and oxygen atoms in total. The van der Waals surface area contributed by atoms with Gasteiger partial charge in [0.2, 0.25) is 0 Å². The molecule has 3 rings (SSSR count). The van der Waals surface area contributed by atoms with Crippen molar-refractivity contribution in [2.75, 3.05) is 6.61 Å². The summed E-state index contributed by atoms with van der Waals surface area (Å²) in [4.78, 5) is 16.8. The molecule has 0 spiro atoms. The van der Waals surface area contributed by atoms with Crippen molar-refractivity contribution in [2.24, 2.45) is 0 Å². The maximum atomic E-state index is 13.7. The van der Waals surface area contributed by atoms with Crippen LogP contribution in [-0.4, -0.2) is 23.6 Å². The maximum Gasteiger partial charge on any atom is 0.253 e. The first-order valence-electron chi connectivity index (χ1n) is 10.4.